The molecule has 3 heteroatoms. The SMILES string of the molecule is CC1(C)CC(CCOCC2CC2)CC(C)(C)N1O. The largest absolute Gasteiger partial charge is 0.381 e. The van der Waals surface area contributed by atoms with Crippen LogP contribution in [0, 0.1) is 11.8 Å². The lowest BCUT2D eigenvalue weighted by Crippen LogP contribution is -2.59. The van der Waals surface area contributed by atoms with Gasteiger partial charge in [0.15, 0.2) is 0 Å². The van der Waals surface area contributed by atoms with Crippen molar-refractivity contribution in [1.82, 2.24) is 5.06 Å². The Morgan fingerprint density at radius 2 is 1.61 bits per heavy atom. The second-order valence-electron chi connectivity index (χ2n) is 7.52. The van der Waals surface area contributed by atoms with Gasteiger partial charge in [-0.05, 0) is 71.6 Å². The van der Waals surface area contributed by atoms with E-state index >= 15 is 0 Å². The third-order valence-corrected chi connectivity index (χ3v) is 4.44. The van der Waals surface area contributed by atoms with Crippen molar-refractivity contribution < 1.29 is 9.94 Å². The van der Waals surface area contributed by atoms with Crippen molar-refractivity contribution in [1.29, 1.82) is 0 Å². The molecule has 0 unspecified atom stereocenters. The van der Waals surface area contributed by atoms with Gasteiger partial charge >= 0.3 is 0 Å². The minimum Gasteiger partial charge on any atom is -0.381 e. The first kappa shape index (κ1) is 14.3. The summed E-state index contributed by atoms with van der Waals surface area (Å²) in [5.74, 6) is 1.52. The monoisotopic (exact) mass is 255 g/mol. The molecule has 0 radical (unpaired) electrons. The van der Waals surface area contributed by atoms with E-state index < -0.39 is 0 Å². The van der Waals surface area contributed by atoms with Crippen molar-refractivity contribution in [3.63, 3.8) is 0 Å². The molecular formula is C15H29NO2. The fourth-order valence-corrected chi connectivity index (χ4v) is 3.47. The first-order chi connectivity index (χ1) is 8.31. The average molecular weight is 255 g/mol. The van der Waals surface area contributed by atoms with Crippen LogP contribution in [0.5, 0.6) is 0 Å². The van der Waals surface area contributed by atoms with Gasteiger partial charge in [0.25, 0.3) is 0 Å². The standard InChI is InChI=1S/C15H29NO2/c1-14(2)9-13(10-15(3,4)16(14)17)7-8-18-11-12-5-6-12/h12-13,17H,5-11H2,1-4H3. The van der Waals surface area contributed by atoms with Crippen LogP contribution in [0.15, 0.2) is 0 Å². The molecule has 1 aliphatic carbocycles. The number of piperidine rings is 1. The van der Waals surface area contributed by atoms with Crippen molar-refractivity contribution in [2.45, 2.75) is 70.9 Å². The Bertz CT molecular complexity index is 266. The van der Waals surface area contributed by atoms with E-state index in [-0.39, 0.29) is 11.1 Å². The summed E-state index contributed by atoms with van der Waals surface area (Å²) in [5, 5.41) is 11.8. The van der Waals surface area contributed by atoms with Gasteiger partial charge in [-0.2, -0.15) is 5.06 Å². The highest BCUT2D eigenvalue weighted by atomic mass is 16.5. The molecule has 1 aliphatic heterocycles. The first-order valence-electron chi connectivity index (χ1n) is 7.38. The normalized spacial score (nSPS) is 28.5. The number of hydrogen-bond acceptors (Lipinski definition) is 3. The summed E-state index contributed by atoms with van der Waals surface area (Å²) in [6.45, 7) is 10.4. The van der Waals surface area contributed by atoms with Crippen LogP contribution in [0.25, 0.3) is 0 Å². The van der Waals surface area contributed by atoms with Crippen LogP contribution in [-0.4, -0.2) is 34.6 Å². The van der Waals surface area contributed by atoms with E-state index in [0.717, 1.165) is 38.4 Å². The van der Waals surface area contributed by atoms with E-state index in [1.54, 1.807) is 5.06 Å². The predicted molar refractivity (Wildman–Crippen MR) is 72.7 cm³/mol. The molecule has 2 aliphatic rings. The molecule has 0 amide bonds. The molecule has 0 aromatic heterocycles. The van der Waals surface area contributed by atoms with Gasteiger partial charge in [0.2, 0.25) is 0 Å². The van der Waals surface area contributed by atoms with Gasteiger partial charge in [-0.25, -0.2) is 0 Å². The summed E-state index contributed by atoms with van der Waals surface area (Å²) < 4.78 is 5.75. The number of ether oxygens (including phenoxy) is 1. The molecule has 1 saturated carbocycles. The molecular weight excluding hydrogens is 226 g/mol. The maximum Gasteiger partial charge on any atom is 0.0494 e. The van der Waals surface area contributed by atoms with Gasteiger partial charge in [-0.15, -0.1) is 0 Å². The molecule has 0 spiro atoms. The summed E-state index contributed by atoms with van der Waals surface area (Å²) in [6.07, 6.45) is 5.97. The highest BCUT2D eigenvalue weighted by Gasteiger charge is 2.44. The quantitative estimate of drug-likeness (QED) is 0.764. The van der Waals surface area contributed by atoms with Crippen LogP contribution in [0.2, 0.25) is 0 Å². The lowest BCUT2D eigenvalue weighted by Gasteiger charge is -2.51. The minimum absolute atomic E-state index is 0.122. The second kappa shape index (κ2) is 5.10. The fourth-order valence-electron chi connectivity index (χ4n) is 3.47. The maximum atomic E-state index is 10.2. The summed E-state index contributed by atoms with van der Waals surface area (Å²) >= 11 is 0. The van der Waals surface area contributed by atoms with E-state index in [9.17, 15) is 5.21 Å². The van der Waals surface area contributed by atoms with Crippen LogP contribution >= 0.6 is 0 Å². The zero-order valence-corrected chi connectivity index (χ0v) is 12.4. The third kappa shape index (κ3) is 3.46. The smallest absolute Gasteiger partial charge is 0.0494 e. The van der Waals surface area contributed by atoms with Crippen molar-refractivity contribution in [3.05, 3.63) is 0 Å². The maximum absolute atomic E-state index is 10.2. The Balaban J connectivity index is 1.77. The Hall–Kier alpha value is -0.120. The van der Waals surface area contributed by atoms with Crippen LogP contribution in [0.4, 0.5) is 0 Å². The van der Waals surface area contributed by atoms with Gasteiger partial charge in [-0.1, -0.05) is 0 Å². The molecule has 0 atom stereocenters. The Labute approximate surface area is 111 Å². The predicted octanol–water partition coefficient (Wildman–Crippen LogP) is 3.46. The lowest BCUT2D eigenvalue weighted by atomic mass is 9.74. The number of rotatable bonds is 5. The molecule has 0 aromatic rings. The number of nitrogens with zero attached hydrogens (tertiary/aromatic N) is 1. The summed E-state index contributed by atoms with van der Waals surface area (Å²) in [4.78, 5) is 0. The van der Waals surface area contributed by atoms with Crippen molar-refractivity contribution >= 4 is 0 Å². The highest BCUT2D eigenvalue weighted by molar-refractivity contribution is 4.95. The van der Waals surface area contributed by atoms with Crippen LogP contribution in [-0.2, 0) is 4.74 Å². The molecule has 1 N–H and O–H groups in total. The Kier molecular flexibility index (Phi) is 4.05. The van der Waals surface area contributed by atoms with Gasteiger partial charge in [0.1, 0.15) is 0 Å². The van der Waals surface area contributed by atoms with Crippen LogP contribution in [0.1, 0.15) is 59.8 Å². The van der Waals surface area contributed by atoms with E-state index in [1.165, 1.54) is 12.8 Å². The number of hydrogen-bond donors (Lipinski definition) is 1. The molecule has 18 heavy (non-hydrogen) atoms. The molecule has 1 saturated heterocycles. The van der Waals surface area contributed by atoms with Crippen molar-refractivity contribution in [2.24, 2.45) is 11.8 Å². The molecule has 2 fully saturated rings. The van der Waals surface area contributed by atoms with Gasteiger partial charge in [0.05, 0.1) is 0 Å². The third-order valence-electron chi connectivity index (χ3n) is 4.44. The molecule has 2 rings (SSSR count). The molecule has 106 valence electrons. The zero-order chi connectivity index (χ0) is 13.4. The molecule has 0 aromatic carbocycles. The lowest BCUT2D eigenvalue weighted by molar-refractivity contribution is -0.251. The molecule has 0 bridgehead atoms. The van der Waals surface area contributed by atoms with E-state index in [1.807, 2.05) is 0 Å². The van der Waals surface area contributed by atoms with E-state index in [4.69, 9.17) is 4.74 Å². The zero-order valence-electron chi connectivity index (χ0n) is 12.4. The van der Waals surface area contributed by atoms with Gasteiger partial charge in [-0.3, -0.25) is 0 Å². The minimum atomic E-state index is -0.122. The number of hydroxylamine groups is 2. The summed E-state index contributed by atoms with van der Waals surface area (Å²) in [6, 6.07) is 0. The Morgan fingerprint density at radius 1 is 1.06 bits per heavy atom. The van der Waals surface area contributed by atoms with E-state index in [0.29, 0.717) is 5.92 Å². The molecule has 3 nitrogen and oxygen atoms in total. The van der Waals surface area contributed by atoms with E-state index in [2.05, 4.69) is 27.7 Å². The summed E-state index contributed by atoms with van der Waals surface area (Å²) in [7, 11) is 0. The van der Waals surface area contributed by atoms with Crippen molar-refractivity contribution in [2.75, 3.05) is 13.2 Å². The van der Waals surface area contributed by atoms with Crippen LogP contribution in [0.3, 0.4) is 0 Å². The van der Waals surface area contributed by atoms with Crippen LogP contribution < -0.4 is 0 Å². The average Bonchev–Trinajstić information content (AvgIpc) is 3.04. The first-order valence-corrected chi connectivity index (χ1v) is 7.38. The van der Waals surface area contributed by atoms with Gasteiger partial charge < -0.3 is 9.94 Å². The second-order valence-corrected chi connectivity index (χ2v) is 7.52. The van der Waals surface area contributed by atoms with Crippen molar-refractivity contribution in [3.8, 4) is 0 Å². The fraction of sp³-hybridized carbons (Fsp3) is 1.00. The topological polar surface area (TPSA) is 32.7 Å². The summed E-state index contributed by atoms with van der Waals surface area (Å²) in [5.41, 5.74) is -0.244. The Morgan fingerprint density at radius 3 is 2.11 bits per heavy atom. The molecule has 1 heterocycles. The van der Waals surface area contributed by atoms with Gasteiger partial charge in [0, 0.05) is 24.3 Å². The highest BCUT2D eigenvalue weighted by Crippen LogP contribution is 2.41.